The van der Waals surface area contributed by atoms with Crippen LogP contribution < -0.4 is 4.74 Å². The van der Waals surface area contributed by atoms with Crippen LogP contribution in [0.4, 0.5) is 0 Å². The van der Waals surface area contributed by atoms with Gasteiger partial charge >= 0.3 is 5.97 Å². The minimum Gasteiger partial charge on any atom is -0.508 e. The predicted molar refractivity (Wildman–Crippen MR) is 117 cm³/mol. The lowest BCUT2D eigenvalue weighted by molar-refractivity contribution is -0.00614. The summed E-state index contributed by atoms with van der Waals surface area (Å²) in [7, 11) is 0. The van der Waals surface area contributed by atoms with Gasteiger partial charge < -0.3 is 9.84 Å². The Morgan fingerprint density at radius 1 is 0.833 bits per heavy atom. The van der Waals surface area contributed by atoms with Gasteiger partial charge in [-0.05, 0) is 90.7 Å². The maximum Gasteiger partial charge on any atom is 0.343 e. The van der Waals surface area contributed by atoms with Crippen molar-refractivity contribution < 1.29 is 14.6 Å². The molecule has 0 aromatic heterocycles. The summed E-state index contributed by atoms with van der Waals surface area (Å²) in [6.07, 6.45) is 7.72. The molecule has 4 fully saturated rings. The summed E-state index contributed by atoms with van der Waals surface area (Å²) in [5, 5.41) is 13.0. The Hall–Kier alpha value is -2.81. The molecule has 30 heavy (non-hydrogen) atoms. The van der Waals surface area contributed by atoms with Crippen LogP contribution in [0.2, 0.25) is 0 Å². The highest BCUT2D eigenvalue weighted by Crippen LogP contribution is 2.61. The van der Waals surface area contributed by atoms with E-state index < -0.39 is 5.97 Å². The van der Waals surface area contributed by atoms with Crippen molar-refractivity contribution >= 4 is 16.7 Å². The number of esters is 1. The molecule has 4 aliphatic carbocycles. The van der Waals surface area contributed by atoms with Crippen LogP contribution in [-0.4, -0.2) is 11.1 Å². The molecular weight excluding hydrogens is 372 g/mol. The summed E-state index contributed by atoms with van der Waals surface area (Å²) in [5.74, 6) is 2.74. The molecule has 1 N–H and O–H groups in total. The van der Waals surface area contributed by atoms with E-state index in [9.17, 15) is 9.90 Å². The van der Waals surface area contributed by atoms with Gasteiger partial charge in [0.15, 0.2) is 0 Å². The molecule has 152 valence electrons. The second-order valence-corrected chi connectivity index (χ2v) is 9.83. The number of phenolic OH excluding ortho intramolecular Hbond substituents is 1. The fraction of sp³-hybridized carbons (Fsp3) is 0.370. The van der Waals surface area contributed by atoms with Gasteiger partial charge in [0.05, 0.1) is 5.56 Å². The molecule has 0 amide bonds. The van der Waals surface area contributed by atoms with Gasteiger partial charge in [0.2, 0.25) is 0 Å². The van der Waals surface area contributed by atoms with E-state index in [1.807, 2.05) is 48.5 Å². The van der Waals surface area contributed by atoms with Gasteiger partial charge in [0.1, 0.15) is 11.5 Å². The minimum absolute atomic E-state index is 0.125. The van der Waals surface area contributed by atoms with Crippen molar-refractivity contribution in [2.75, 3.05) is 0 Å². The number of carbonyl (C=O) groups excluding carboxylic acids is 1. The van der Waals surface area contributed by atoms with Crippen molar-refractivity contribution in [1.29, 1.82) is 0 Å². The number of rotatable bonds is 3. The van der Waals surface area contributed by atoms with Crippen LogP contribution in [0.3, 0.4) is 0 Å². The molecule has 0 aliphatic heterocycles. The first-order valence-electron chi connectivity index (χ1n) is 11.1. The molecule has 0 saturated heterocycles. The molecule has 0 atom stereocenters. The molecule has 0 heterocycles. The summed E-state index contributed by atoms with van der Waals surface area (Å²) >= 11 is 0. The molecule has 4 aliphatic rings. The number of hydrogen-bond acceptors (Lipinski definition) is 3. The normalized spacial score (nSPS) is 29.3. The first-order chi connectivity index (χ1) is 14.6. The van der Waals surface area contributed by atoms with Crippen LogP contribution in [0.1, 0.15) is 54.4 Å². The van der Waals surface area contributed by atoms with Gasteiger partial charge in [-0.2, -0.15) is 0 Å². The Labute approximate surface area is 176 Å². The maximum absolute atomic E-state index is 12.7. The monoisotopic (exact) mass is 398 g/mol. The zero-order valence-corrected chi connectivity index (χ0v) is 17.0. The quantitative estimate of drug-likeness (QED) is 0.420. The van der Waals surface area contributed by atoms with Crippen molar-refractivity contribution in [3.63, 3.8) is 0 Å². The third-order valence-corrected chi connectivity index (χ3v) is 7.77. The third-order valence-electron chi connectivity index (χ3n) is 7.77. The highest BCUT2D eigenvalue weighted by molar-refractivity contribution is 5.96. The smallest absolute Gasteiger partial charge is 0.343 e. The third kappa shape index (κ3) is 2.91. The first-order valence-corrected chi connectivity index (χ1v) is 11.1. The second-order valence-electron chi connectivity index (χ2n) is 9.83. The molecule has 3 aromatic carbocycles. The van der Waals surface area contributed by atoms with E-state index in [1.54, 1.807) is 12.1 Å². The summed E-state index contributed by atoms with van der Waals surface area (Å²) in [6, 6.07) is 19.0. The van der Waals surface area contributed by atoms with Crippen LogP contribution in [0, 0.1) is 17.8 Å². The van der Waals surface area contributed by atoms with Gasteiger partial charge in [-0.15, -0.1) is 0 Å². The number of hydrogen-bond donors (Lipinski definition) is 1. The topological polar surface area (TPSA) is 46.5 Å². The molecular formula is C27H26O3. The number of benzene rings is 3. The predicted octanol–water partition coefficient (Wildman–Crippen LogP) is 6.23. The maximum atomic E-state index is 12.7. The molecule has 7 rings (SSSR count). The Balaban J connectivity index is 1.25. The lowest BCUT2D eigenvalue weighted by Crippen LogP contribution is -2.48. The van der Waals surface area contributed by atoms with E-state index in [1.165, 1.54) is 38.5 Å². The Morgan fingerprint density at radius 3 is 2.17 bits per heavy atom. The number of fused-ring (bicyclic) bond motifs is 1. The Bertz CT molecular complexity index is 1110. The molecule has 0 spiro atoms. The zero-order chi connectivity index (χ0) is 20.3. The summed E-state index contributed by atoms with van der Waals surface area (Å²) in [6.45, 7) is 0. The largest absolute Gasteiger partial charge is 0.508 e. The molecule has 4 saturated carbocycles. The number of ether oxygens (including phenoxy) is 1. The lowest BCUT2D eigenvalue weighted by atomic mass is 9.48. The highest BCUT2D eigenvalue weighted by atomic mass is 16.5. The number of aromatic hydroxyl groups is 1. The average Bonchev–Trinajstić information content (AvgIpc) is 2.72. The van der Waals surface area contributed by atoms with Gasteiger partial charge in [-0.25, -0.2) is 4.79 Å². The van der Waals surface area contributed by atoms with Crippen LogP contribution >= 0.6 is 0 Å². The molecule has 4 bridgehead atoms. The first kappa shape index (κ1) is 18.0. The van der Waals surface area contributed by atoms with Gasteiger partial charge in [0, 0.05) is 11.6 Å². The fourth-order valence-corrected chi connectivity index (χ4v) is 6.95. The van der Waals surface area contributed by atoms with Crippen molar-refractivity contribution in [3.8, 4) is 11.5 Å². The van der Waals surface area contributed by atoms with Crippen LogP contribution in [0.15, 0.2) is 60.7 Å². The van der Waals surface area contributed by atoms with Crippen LogP contribution in [0.25, 0.3) is 10.8 Å². The summed E-state index contributed by atoms with van der Waals surface area (Å²) in [5.41, 5.74) is 1.70. The average molecular weight is 399 g/mol. The van der Waals surface area contributed by atoms with E-state index in [2.05, 4.69) is 0 Å². The van der Waals surface area contributed by atoms with Crippen molar-refractivity contribution in [2.45, 2.75) is 43.9 Å². The number of carbonyl (C=O) groups is 1. The lowest BCUT2D eigenvalue weighted by Gasteiger charge is -2.57. The molecule has 3 heteroatoms. The van der Waals surface area contributed by atoms with E-state index in [0.717, 1.165) is 34.1 Å². The highest BCUT2D eigenvalue weighted by Gasteiger charge is 2.52. The van der Waals surface area contributed by atoms with E-state index >= 15 is 0 Å². The van der Waals surface area contributed by atoms with Crippen molar-refractivity contribution in [3.05, 3.63) is 71.8 Å². The summed E-state index contributed by atoms with van der Waals surface area (Å²) in [4.78, 5) is 12.7. The van der Waals surface area contributed by atoms with Gasteiger partial charge in [0.25, 0.3) is 0 Å². The van der Waals surface area contributed by atoms with Gasteiger partial charge in [-0.1, -0.05) is 36.4 Å². The Kier molecular flexibility index (Phi) is 3.96. The fourth-order valence-electron chi connectivity index (χ4n) is 6.95. The SMILES string of the molecule is O=C(Oc1ccc(C23CC4CC(CC(C4)C2)C3)c(O)c1)c1ccc2ccccc2c1. The van der Waals surface area contributed by atoms with E-state index in [-0.39, 0.29) is 11.2 Å². The number of phenols is 1. The van der Waals surface area contributed by atoms with Crippen molar-refractivity contribution in [1.82, 2.24) is 0 Å². The standard InChI is InChI=1S/C27H26O3/c28-25-13-23(30-26(29)22-6-5-20-3-1-2-4-21(20)12-22)7-8-24(25)27-14-17-9-18(15-27)11-19(10-17)16-27/h1-8,12-13,17-19,28H,9-11,14-16H2. The van der Waals surface area contributed by atoms with E-state index in [4.69, 9.17) is 4.74 Å². The molecule has 3 aromatic rings. The second kappa shape index (κ2) is 6.60. The summed E-state index contributed by atoms with van der Waals surface area (Å²) < 4.78 is 5.61. The molecule has 3 nitrogen and oxygen atoms in total. The minimum atomic E-state index is -0.400. The Morgan fingerprint density at radius 2 is 1.50 bits per heavy atom. The van der Waals surface area contributed by atoms with Gasteiger partial charge in [-0.3, -0.25) is 0 Å². The van der Waals surface area contributed by atoms with Crippen LogP contribution in [0.5, 0.6) is 11.5 Å². The van der Waals surface area contributed by atoms with Crippen LogP contribution in [-0.2, 0) is 5.41 Å². The van der Waals surface area contributed by atoms with Crippen molar-refractivity contribution in [2.24, 2.45) is 17.8 Å². The molecule has 0 radical (unpaired) electrons. The molecule has 0 unspecified atom stereocenters. The van der Waals surface area contributed by atoms with E-state index in [0.29, 0.717) is 11.3 Å². The zero-order valence-electron chi connectivity index (χ0n) is 17.0.